The normalized spacial score (nSPS) is 11.2. The Morgan fingerprint density at radius 2 is 1.84 bits per heavy atom. The number of halogens is 2. The van der Waals surface area contributed by atoms with Crippen LogP contribution in [0, 0.1) is 11.6 Å². The van der Waals surface area contributed by atoms with Gasteiger partial charge in [0.1, 0.15) is 5.56 Å². The minimum absolute atomic E-state index is 0.146. The summed E-state index contributed by atoms with van der Waals surface area (Å²) in [7, 11) is 0. The van der Waals surface area contributed by atoms with Crippen molar-refractivity contribution in [1.82, 2.24) is 4.57 Å². The van der Waals surface area contributed by atoms with Crippen molar-refractivity contribution in [3.05, 3.63) is 45.8 Å². The SMILES string of the molecule is CC(C)n1cc(C(=O)O)c(=O)c2cc(F)c(F)cc21. The average molecular weight is 267 g/mol. The maximum atomic E-state index is 13.3. The predicted molar refractivity (Wildman–Crippen MR) is 65.5 cm³/mol. The zero-order valence-electron chi connectivity index (χ0n) is 10.3. The van der Waals surface area contributed by atoms with Crippen LogP contribution in [0.3, 0.4) is 0 Å². The molecule has 0 saturated heterocycles. The van der Waals surface area contributed by atoms with Crippen molar-refractivity contribution < 1.29 is 18.7 Å². The van der Waals surface area contributed by atoms with Crippen LogP contribution in [0.15, 0.2) is 23.1 Å². The van der Waals surface area contributed by atoms with Crippen molar-refractivity contribution in [1.29, 1.82) is 0 Å². The lowest BCUT2D eigenvalue weighted by atomic mass is 10.1. The number of pyridine rings is 1. The third kappa shape index (κ3) is 2.09. The van der Waals surface area contributed by atoms with Crippen molar-refractivity contribution in [3.63, 3.8) is 0 Å². The summed E-state index contributed by atoms with van der Waals surface area (Å²) in [6.45, 7) is 3.49. The van der Waals surface area contributed by atoms with E-state index in [0.717, 1.165) is 18.3 Å². The molecule has 0 aliphatic heterocycles. The average Bonchev–Trinajstić information content (AvgIpc) is 2.31. The molecule has 0 unspecified atom stereocenters. The summed E-state index contributed by atoms with van der Waals surface area (Å²) in [6.07, 6.45) is 1.15. The van der Waals surface area contributed by atoms with Crippen LogP contribution in [-0.4, -0.2) is 15.6 Å². The largest absolute Gasteiger partial charge is 0.477 e. The highest BCUT2D eigenvalue weighted by molar-refractivity contribution is 5.92. The number of nitrogens with zero attached hydrogens (tertiary/aromatic N) is 1. The molecule has 1 heterocycles. The van der Waals surface area contributed by atoms with Crippen molar-refractivity contribution >= 4 is 16.9 Å². The lowest BCUT2D eigenvalue weighted by Gasteiger charge is -2.15. The zero-order valence-corrected chi connectivity index (χ0v) is 10.3. The highest BCUT2D eigenvalue weighted by Crippen LogP contribution is 2.20. The number of aromatic nitrogens is 1. The summed E-state index contributed by atoms with van der Waals surface area (Å²) in [4.78, 5) is 22.9. The molecule has 2 aromatic rings. The van der Waals surface area contributed by atoms with Crippen LogP contribution in [-0.2, 0) is 0 Å². The van der Waals surface area contributed by atoms with Crippen molar-refractivity contribution in [2.75, 3.05) is 0 Å². The molecule has 4 nitrogen and oxygen atoms in total. The first-order valence-corrected chi connectivity index (χ1v) is 5.60. The van der Waals surface area contributed by atoms with Gasteiger partial charge in [-0.15, -0.1) is 0 Å². The number of benzene rings is 1. The first-order valence-electron chi connectivity index (χ1n) is 5.60. The van der Waals surface area contributed by atoms with Gasteiger partial charge in [0.25, 0.3) is 0 Å². The van der Waals surface area contributed by atoms with Crippen LogP contribution >= 0.6 is 0 Å². The summed E-state index contributed by atoms with van der Waals surface area (Å²) in [6, 6.07) is 1.43. The maximum absolute atomic E-state index is 13.3. The molecule has 0 radical (unpaired) electrons. The minimum atomic E-state index is -1.40. The number of hydrogen-bond donors (Lipinski definition) is 1. The van der Waals surface area contributed by atoms with E-state index in [4.69, 9.17) is 5.11 Å². The van der Waals surface area contributed by atoms with Gasteiger partial charge in [-0.3, -0.25) is 4.79 Å². The number of hydrogen-bond acceptors (Lipinski definition) is 2. The molecule has 0 bridgehead atoms. The van der Waals surface area contributed by atoms with E-state index in [2.05, 4.69) is 0 Å². The highest BCUT2D eigenvalue weighted by atomic mass is 19.2. The Morgan fingerprint density at radius 1 is 1.26 bits per heavy atom. The first kappa shape index (κ1) is 13.2. The van der Waals surface area contributed by atoms with Crippen LogP contribution in [0.25, 0.3) is 10.9 Å². The van der Waals surface area contributed by atoms with Gasteiger partial charge in [0, 0.05) is 23.7 Å². The summed E-state index contributed by atoms with van der Waals surface area (Å²) in [5.41, 5.74) is -1.12. The van der Waals surface area contributed by atoms with E-state index in [1.54, 1.807) is 13.8 Å². The van der Waals surface area contributed by atoms with E-state index in [1.807, 2.05) is 0 Å². The molecular weight excluding hydrogens is 256 g/mol. The molecule has 0 fully saturated rings. The second-order valence-corrected chi connectivity index (χ2v) is 4.46. The van der Waals surface area contributed by atoms with Crippen molar-refractivity contribution in [3.8, 4) is 0 Å². The minimum Gasteiger partial charge on any atom is -0.477 e. The number of aromatic carboxylic acids is 1. The quantitative estimate of drug-likeness (QED) is 0.909. The highest BCUT2D eigenvalue weighted by Gasteiger charge is 2.17. The van der Waals surface area contributed by atoms with Gasteiger partial charge in [-0.05, 0) is 19.9 Å². The van der Waals surface area contributed by atoms with Gasteiger partial charge in [-0.25, -0.2) is 13.6 Å². The van der Waals surface area contributed by atoms with Gasteiger partial charge in [-0.2, -0.15) is 0 Å². The third-order valence-electron chi connectivity index (χ3n) is 2.86. The Kier molecular flexibility index (Phi) is 3.09. The van der Waals surface area contributed by atoms with E-state index in [9.17, 15) is 18.4 Å². The topological polar surface area (TPSA) is 59.3 Å². The Hall–Kier alpha value is -2.24. The predicted octanol–water partition coefficient (Wildman–Crippen LogP) is 2.56. The molecule has 2 rings (SSSR count). The molecule has 0 saturated carbocycles. The fourth-order valence-corrected chi connectivity index (χ4v) is 1.92. The second-order valence-electron chi connectivity index (χ2n) is 4.46. The number of carboxylic acid groups (broad SMARTS) is 1. The molecular formula is C13H11F2NO3. The van der Waals surface area contributed by atoms with Crippen molar-refractivity contribution in [2.24, 2.45) is 0 Å². The number of rotatable bonds is 2. The van der Waals surface area contributed by atoms with Crippen LogP contribution in [0.2, 0.25) is 0 Å². The Balaban J connectivity index is 3.01. The Bertz CT molecular complexity index is 735. The summed E-state index contributed by atoms with van der Waals surface area (Å²) >= 11 is 0. The molecule has 1 aromatic carbocycles. The van der Waals surface area contributed by atoms with E-state index in [0.29, 0.717) is 0 Å². The van der Waals surface area contributed by atoms with E-state index < -0.39 is 28.6 Å². The van der Waals surface area contributed by atoms with E-state index in [1.165, 1.54) is 4.57 Å². The monoisotopic (exact) mass is 267 g/mol. The molecule has 19 heavy (non-hydrogen) atoms. The lowest BCUT2D eigenvalue weighted by Crippen LogP contribution is -2.20. The molecule has 1 N–H and O–H groups in total. The van der Waals surface area contributed by atoms with E-state index in [-0.39, 0.29) is 16.9 Å². The smallest absolute Gasteiger partial charge is 0.341 e. The molecule has 6 heteroatoms. The van der Waals surface area contributed by atoms with Crippen molar-refractivity contribution in [2.45, 2.75) is 19.9 Å². The van der Waals surface area contributed by atoms with Gasteiger partial charge in [0.05, 0.1) is 5.52 Å². The van der Waals surface area contributed by atoms with E-state index >= 15 is 0 Å². The number of fused-ring (bicyclic) bond motifs is 1. The van der Waals surface area contributed by atoms with Crippen LogP contribution in [0.1, 0.15) is 30.2 Å². The molecule has 100 valence electrons. The maximum Gasteiger partial charge on any atom is 0.341 e. The lowest BCUT2D eigenvalue weighted by molar-refractivity contribution is 0.0694. The number of carboxylic acids is 1. The van der Waals surface area contributed by atoms with Gasteiger partial charge < -0.3 is 9.67 Å². The molecule has 1 aromatic heterocycles. The van der Waals surface area contributed by atoms with Crippen LogP contribution in [0.4, 0.5) is 8.78 Å². The fourth-order valence-electron chi connectivity index (χ4n) is 1.92. The van der Waals surface area contributed by atoms with Gasteiger partial charge in [0.2, 0.25) is 5.43 Å². The summed E-state index contributed by atoms with van der Waals surface area (Å²) in [5, 5.41) is 8.83. The zero-order chi connectivity index (χ0) is 14.3. The fraction of sp³-hybridized carbons (Fsp3) is 0.231. The molecule has 0 atom stereocenters. The Morgan fingerprint density at radius 3 is 2.37 bits per heavy atom. The molecule has 0 amide bonds. The third-order valence-corrected chi connectivity index (χ3v) is 2.86. The van der Waals surface area contributed by atoms with Gasteiger partial charge in [-0.1, -0.05) is 0 Å². The van der Waals surface area contributed by atoms with Crippen LogP contribution < -0.4 is 5.43 Å². The van der Waals surface area contributed by atoms with Gasteiger partial charge in [0.15, 0.2) is 11.6 Å². The summed E-state index contributed by atoms with van der Waals surface area (Å²) in [5.74, 6) is -3.65. The second kappa shape index (κ2) is 4.46. The van der Waals surface area contributed by atoms with Crippen LogP contribution in [0.5, 0.6) is 0 Å². The molecule has 0 aliphatic rings. The summed E-state index contributed by atoms with van der Waals surface area (Å²) < 4.78 is 27.9. The molecule has 0 aliphatic carbocycles. The molecule has 0 spiro atoms. The first-order chi connectivity index (χ1) is 8.82. The standard InChI is InChI=1S/C13H11F2NO3/c1-6(2)16-5-8(13(18)19)12(17)7-3-9(14)10(15)4-11(7)16/h3-6H,1-2H3,(H,18,19). The Labute approximate surface area is 106 Å². The number of carbonyl (C=O) groups is 1. The van der Waals surface area contributed by atoms with Gasteiger partial charge >= 0.3 is 5.97 Å².